The zero-order valence-corrected chi connectivity index (χ0v) is 11.1. The molecule has 5 heteroatoms. The zero-order chi connectivity index (χ0) is 13.8. The molecule has 0 saturated carbocycles. The molecule has 2 aromatic heterocycles. The van der Waals surface area contributed by atoms with Gasteiger partial charge in [-0.2, -0.15) is 15.0 Å². The predicted molar refractivity (Wildman–Crippen MR) is 76.5 cm³/mol. The van der Waals surface area contributed by atoms with Crippen molar-refractivity contribution in [2.24, 2.45) is 0 Å². The number of aromatic nitrogens is 4. The van der Waals surface area contributed by atoms with E-state index in [1.54, 1.807) is 17.2 Å². The molecule has 3 aromatic rings. The summed E-state index contributed by atoms with van der Waals surface area (Å²) < 4.78 is 0. The maximum atomic E-state index is 4.54. The van der Waals surface area contributed by atoms with Gasteiger partial charge < -0.3 is 5.32 Å². The smallest absolute Gasteiger partial charge is 0.105 e. The lowest BCUT2D eigenvalue weighted by Gasteiger charge is -2.12. The van der Waals surface area contributed by atoms with E-state index < -0.39 is 0 Å². The highest BCUT2D eigenvalue weighted by Crippen LogP contribution is 2.18. The summed E-state index contributed by atoms with van der Waals surface area (Å²) in [5, 5.41) is 12.1. The summed E-state index contributed by atoms with van der Waals surface area (Å²) in [6, 6.07) is 13.8. The number of hydrogen-bond acceptors (Lipinski definition) is 4. The summed E-state index contributed by atoms with van der Waals surface area (Å²) >= 11 is 0. The van der Waals surface area contributed by atoms with Crippen molar-refractivity contribution in [1.29, 1.82) is 0 Å². The van der Waals surface area contributed by atoms with Crippen molar-refractivity contribution in [2.45, 2.75) is 6.04 Å². The van der Waals surface area contributed by atoms with Crippen LogP contribution in [0.25, 0.3) is 5.69 Å². The average Bonchev–Trinajstić information content (AvgIpc) is 3.00. The summed E-state index contributed by atoms with van der Waals surface area (Å²) in [7, 11) is 1.90. The first kappa shape index (κ1) is 12.5. The van der Waals surface area contributed by atoms with Crippen LogP contribution in [0.5, 0.6) is 0 Å². The molecule has 0 fully saturated rings. The van der Waals surface area contributed by atoms with Gasteiger partial charge in [-0.25, -0.2) is 0 Å². The lowest BCUT2D eigenvalue weighted by Crippen LogP contribution is -2.18. The molecule has 0 radical (unpaired) electrons. The Balaban J connectivity index is 1.93. The molecule has 5 nitrogen and oxygen atoms in total. The molecule has 0 aliphatic rings. The molecule has 3 rings (SSSR count). The van der Waals surface area contributed by atoms with Crippen LogP contribution in [-0.4, -0.2) is 27.0 Å². The molecule has 0 aliphatic carbocycles. The number of para-hydroxylation sites is 1. The second-order valence-electron chi connectivity index (χ2n) is 4.40. The van der Waals surface area contributed by atoms with Crippen molar-refractivity contribution in [2.75, 3.05) is 7.05 Å². The van der Waals surface area contributed by atoms with Gasteiger partial charge in [-0.15, -0.1) is 0 Å². The topological polar surface area (TPSA) is 55.6 Å². The van der Waals surface area contributed by atoms with Gasteiger partial charge in [-0.05, 0) is 30.8 Å². The van der Waals surface area contributed by atoms with E-state index in [-0.39, 0.29) is 6.04 Å². The third-order valence-electron chi connectivity index (χ3n) is 3.10. The van der Waals surface area contributed by atoms with E-state index in [4.69, 9.17) is 0 Å². The van der Waals surface area contributed by atoms with E-state index in [1.807, 2.05) is 55.7 Å². The quantitative estimate of drug-likeness (QED) is 0.783. The van der Waals surface area contributed by atoms with Crippen LogP contribution in [0, 0.1) is 0 Å². The summed E-state index contributed by atoms with van der Waals surface area (Å²) in [6.07, 6.45) is 5.38. The molecular formula is C15H15N5. The molecule has 20 heavy (non-hydrogen) atoms. The fraction of sp³-hybridized carbons (Fsp3) is 0.133. The minimum absolute atomic E-state index is 0.0128. The lowest BCUT2D eigenvalue weighted by atomic mass is 10.1. The largest absolute Gasteiger partial charge is 0.308 e. The monoisotopic (exact) mass is 265 g/mol. The molecule has 1 N–H and O–H groups in total. The van der Waals surface area contributed by atoms with E-state index in [0.29, 0.717) is 0 Å². The molecule has 0 bridgehead atoms. The van der Waals surface area contributed by atoms with Gasteiger partial charge in [0.15, 0.2) is 0 Å². The Morgan fingerprint density at radius 1 is 1.05 bits per heavy atom. The minimum Gasteiger partial charge on any atom is -0.308 e. The Hall–Kier alpha value is -2.53. The first-order valence-electron chi connectivity index (χ1n) is 6.43. The SMILES string of the molecule is CNC(c1cccnc1)c1cnn(-c2ccccc2)n1. The Morgan fingerprint density at radius 2 is 1.90 bits per heavy atom. The second-order valence-corrected chi connectivity index (χ2v) is 4.40. The number of hydrogen-bond donors (Lipinski definition) is 1. The second kappa shape index (κ2) is 5.63. The maximum absolute atomic E-state index is 4.54. The highest BCUT2D eigenvalue weighted by atomic mass is 15.5. The zero-order valence-electron chi connectivity index (χ0n) is 11.1. The first-order valence-corrected chi connectivity index (χ1v) is 6.43. The highest BCUT2D eigenvalue weighted by Gasteiger charge is 2.16. The van der Waals surface area contributed by atoms with Crippen molar-refractivity contribution in [1.82, 2.24) is 25.3 Å². The molecule has 100 valence electrons. The van der Waals surface area contributed by atoms with Crippen molar-refractivity contribution < 1.29 is 0 Å². The fourth-order valence-electron chi connectivity index (χ4n) is 2.12. The normalized spacial score (nSPS) is 12.2. The van der Waals surface area contributed by atoms with E-state index in [1.165, 1.54) is 0 Å². The van der Waals surface area contributed by atoms with E-state index in [2.05, 4.69) is 20.5 Å². The number of rotatable bonds is 4. The summed E-state index contributed by atoms with van der Waals surface area (Å²) in [4.78, 5) is 5.78. The van der Waals surface area contributed by atoms with E-state index in [0.717, 1.165) is 16.9 Å². The van der Waals surface area contributed by atoms with Crippen molar-refractivity contribution in [3.8, 4) is 5.69 Å². The van der Waals surface area contributed by atoms with Gasteiger partial charge in [0, 0.05) is 12.4 Å². The molecule has 1 aromatic carbocycles. The van der Waals surface area contributed by atoms with Gasteiger partial charge in [0.1, 0.15) is 5.69 Å². The molecule has 0 spiro atoms. The van der Waals surface area contributed by atoms with E-state index in [9.17, 15) is 0 Å². The number of benzene rings is 1. The average molecular weight is 265 g/mol. The highest BCUT2D eigenvalue weighted by molar-refractivity contribution is 5.29. The Morgan fingerprint density at radius 3 is 2.60 bits per heavy atom. The van der Waals surface area contributed by atoms with Gasteiger partial charge >= 0.3 is 0 Å². The van der Waals surface area contributed by atoms with Crippen molar-refractivity contribution >= 4 is 0 Å². The third-order valence-corrected chi connectivity index (χ3v) is 3.10. The third kappa shape index (κ3) is 2.44. The van der Waals surface area contributed by atoms with Crippen LogP contribution >= 0.6 is 0 Å². The number of nitrogens with one attached hydrogen (secondary N) is 1. The Kier molecular flexibility index (Phi) is 3.52. The molecule has 2 heterocycles. The fourth-order valence-corrected chi connectivity index (χ4v) is 2.12. The molecule has 0 saturated heterocycles. The van der Waals surface area contributed by atoms with Gasteiger partial charge in [-0.3, -0.25) is 4.98 Å². The van der Waals surface area contributed by atoms with Crippen LogP contribution in [0.4, 0.5) is 0 Å². The molecular weight excluding hydrogens is 250 g/mol. The van der Waals surface area contributed by atoms with Gasteiger partial charge in [0.05, 0.1) is 17.9 Å². The standard InChI is InChI=1S/C15H15N5/c1-16-15(12-6-5-9-17-10-12)14-11-18-20(19-14)13-7-3-2-4-8-13/h2-11,15-16H,1H3. The first-order chi connectivity index (χ1) is 9.88. The predicted octanol–water partition coefficient (Wildman–Crippen LogP) is 1.97. The molecule has 1 unspecified atom stereocenters. The van der Waals surface area contributed by atoms with E-state index >= 15 is 0 Å². The van der Waals surface area contributed by atoms with Crippen LogP contribution in [0.2, 0.25) is 0 Å². The van der Waals surface area contributed by atoms with Crippen LogP contribution in [0.3, 0.4) is 0 Å². The van der Waals surface area contributed by atoms with Crippen LogP contribution in [0.15, 0.2) is 61.1 Å². The van der Waals surface area contributed by atoms with Crippen LogP contribution in [0.1, 0.15) is 17.3 Å². The Bertz CT molecular complexity index is 663. The molecule has 1 atom stereocenters. The van der Waals surface area contributed by atoms with Gasteiger partial charge in [0.2, 0.25) is 0 Å². The van der Waals surface area contributed by atoms with Crippen LogP contribution < -0.4 is 5.32 Å². The lowest BCUT2D eigenvalue weighted by molar-refractivity contribution is 0.647. The summed E-state index contributed by atoms with van der Waals surface area (Å²) in [6.45, 7) is 0. The molecule has 0 amide bonds. The number of nitrogens with zero attached hydrogens (tertiary/aromatic N) is 4. The summed E-state index contributed by atoms with van der Waals surface area (Å²) in [5.41, 5.74) is 2.87. The van der Waals surface area contributed by atoms with Gasteiger partial charge in [-0.1, -0.05) is 24.3 Å². The van der Waals surface area contributed by atoms with Gasteiger partial charge in [0.25, 0.3) is 0 Å². The van der Waals surface area contributed by atoms with Crippen LogP contribution in [-0.2, 0) is 0 Å². The minimum atomic E-state index is -0.0128. The number of pyridine rings is 1. The molecule has 0 aliphatic heterocycles. The summed E-state index contributed by atoms with van der Waals surface area (Å²) in [5.74, 6) is 0. The Labute approximate surface area is 117 Å². The maximum Gasteiger partial charge on any atom is 0.105 e. The van der Waals surface area contributed by atoms with Crippen molar-refractivity contribution in [3.05, 3.63) is 72.3 Å². The van der Waals surface area contributed by atoms with Crippen molar-refractivity contribution in [3.63, 3.8) is 0 Å².